The van der Waals surface area contributed by atoms with Gasteiger partial charge in [0.15, 0.2) is 5.82 Å². The summed E-state index contributed by atoms with van der Waals surface area (Å²) in [5.41, 5.74) is 0. The summed E-state index contributed by atoms with van der Waals surface area (Å²) in [5.74, 6) is 2.42. The fraction of sp³-hybridized carbons (Fsp3) is 0.833. The second kappa shape index (κ2) is 8.76. The molecule has 1 atom stereocenters. The molecule has 3 rings (SSSR count). The summed E-state index contributed by atoms with van der Waals surface area (Å²) in [6, 6.07) is 0.539. The maximum Gasteiger partial charge on any atom is 0.226 e. The average molecular weight is 349 g/mol. The third-order valence-electron chi connectivity index (χ3n) is 5.44. The number of nitrogens with one attached hydrogen (secondary N) is 1. The van der Waals surface area contributed by atoms with E-state index in [0.717, 1.165) is 70.2 Å². The standard InChI is InChI=1S/C18H31N5O2/c1-3-18-20-17(21-25-18)13-22-8-4-5-16(12-22)19-11-15-6-9-23(10-7-15)14(2)24/h15-16,19H,3-13H2,1-2H3/t16-/m1/s1. The van der Waals surface area contributed by atoms with E-state index in [1.165, 1.54) is 12.8 Å². The number of carbonyl (C=O) groups is 1. The SMILES string of the molecule is CCc1nc(CN2CCC[C@@H](NCC3CCN(C(C)=O)CC3)C2)no1. The number of carbonyl (C=O) groups excluding carboxylic acids is 1. The Bertz CT molecular complexity index is 553. The molecule has 1 aromatic rings. The summed E-state index contributed by atoms with van der Waals surface area (Å²) < 4.78 is 5.20. The van der Waals surface area contributed by atoms with Crippen LogP contribution >= 0.6 is 0 Å². The zero-order valence-electron chi connectivity index (χ0n) is 15.5. The van der Waals surface area contributed by atoms with E-state index in [-0.39, 0.29) is 5.91 Å². The van der Waals surface area contributed by atoms with Crippen molar-refractivity contribution in [3.63, 3.8) is 0 Å². The third kappa shape index (κ3) is 5.25. The quantitative estimate of drug-likeness (QED) is 0.838. The monoisotopic (exact) mass is 349 g/mol. The summed E-state index contributed by atoms with van der Waals surface area (Å²) >= 11 is 0. The van der Waals surface area contributed by atoms with Crippen LogP contribution in [0.1, 0.15) is 51.2 Å². The number of nitrogens with zero attached hydrogens (tertiary/aromatic N) is 4. The molecule has 0 unspecified atom stereocenters. The Labute approximate surface area is 150 Å². The summed E-state index contributed by atoms with van der Waals surface area (Å²) in [5, 5.41) is 7.82. The molecule has 0 radical (unpaired) electrons. The van der Waals surface area contributed by atoms with E-state index in [1.54, 1.807) is 6.92 Å². The van der Waals surface area contributed by atoms with E-state index in [1.807, 2.05) is 11.8 Å². The second-order valence-electron chi connectivity index (χ2n) is 7.39. The Morgan fingerprint density at radius 3 is 2.76 bits per heavy atom. The number of rotatable bonds is 6. The van der Waals surface area contributed by atoms with E-state index in [2.05, 4.69) is 20.4 Å². The van der Waals surface area contributed by atoms with Gasteiger partial charge in [0, 0.05) is 39.0 Å². The molecule has 3 heterocycles. The van der Waals surface area contributed by atoms with E-state index in [9.17, 15) is 4.79 Å². The molecule has 0 bridgehead atoms. The number of amides is 1. The Balaban J connectivity index is 1.39. The number of hydrogen-bond donors (Lipinski definition) is 1. The molecular formula is C18H31N5O2. The van der Waals surface area contributed by atoms with Gasteiger partial charge in [-0.3, -0.25) is 9.69 Å². The molecule has 7 nitrogen and oxygen atoms in total. The van der Waals surface area contributed by atoms with Crippen molar-refractivity contribution < 1.29 is 9.32 Å². The first-order valence-electron chi connectivity index (χ1n) is 9.66. The minimum Gasteiger partial charge on any atom is -0.343 e. The highest BCUT2D eigenvalue weighted by atomic mass is 16.5. The van der Waals surface area contributed by atoms with Crippen molar-refractivity contribution in [3.05, 3.63) is 11.7 Å². The lowest BCUT2D eigenvalue weighted by Crippen LogP contribution is -2.48. The fourth-order valence-electron chi connectivity index (χ4n) is 3.85. The van der Waals surface area contributed by atoms with Crippen LogP contribution in [0.2, 0.25) is 0 Å². The summed E-state index contributed by atoms with van der Waals surface area (Å²) in [7, 11) is 0. The van der Waals surface area contributed by atoms with Gasteiger partial charge in [-0.1, -0.05) is 12.1 Å². The van der Waals surface area contributed by atoms with Crippen LogP contribution in [-0.2, 0) is 17.8 Å². The van der Waals surface area contributed by atoms with Crippen LogP contribution in [0.15, 0.2) is 4.52 Å². The maximum absolute atomic E-state index is 11.4. The average Bonchev–Trinajstić information content (AvgIpc) is 3.08. The van der Waals surface area contributed by atoms with Gasteiger partial charge in [0.2, 0.25) is 11.8 Å². The van der Waals surface area contributed by atoms with Gasteiger partial charge in [0.05, 0.1) is 6.54 Å². The van der Waals surface area contributed by atoms with Gasteiger partial charge in [0.1, 0.15) is 0 Å². The van der Waals surface area contributed by atoms with Crippen molar-refractivity contribution >= 4 is 5.91 Å². The Kier molecular flexibility index (Phi) is 6.42. The van der Waals surface area contributed by atoms with Gasteiger partial charge in [-0.25, -0.2) is 0 Å². The van der Waals surface area contributed by atoms with E-state index in [4.69, 9.17) is 4.52 Å². The predicted molar refractivity (Wildman–Crippen MR) is 95.0 cm³/mol. The molecule has 0 spiro atoms. The lowest BCUT2D eigenvalue weighted by molar-refractivity contribution is -0.130. The minimum absolute atomic E-state index is 0.210. The van der Waals surface area contributed by atoms with Crippen molar-refractivity contribution in [2.75, 3.05) is 32.7 Å². The van der Waals surface area contributed by atoms with Crippen LogP contribution in [0.4, 0.5) is 0 Å². The molecule has 0 saturated carbocycles. The highest BCUT2D eigenvalue weighted by molar-refractivity contribution is 5.73. The summed E-state index contributed by atoms with van der Waals surface area (Å²) in [4.78, 5) is 20.2. The van der Waals surface area contributed by atoms with E-state index in [0.29, 0.717) is 12.0 Å². The molecule has 1 N–H and O–H groups in total. The lowest BCUT2D eigenvalue weighted by Gasteiger charge is -2.35. The topological polar surface area (TPSA) is 74.5 Å². The Morgan fingerprint density at radius 2 is 2.08 bits per heavy atom. The first kappa shape index (κ1) is 18.3. The molecular weight excluding hydrogens is 318 g/mol. The van der Waals surface area contributed by atoms with Gasteiger partial charge >= 0.3 is 0 Å². The fourth-order valence-corrected chi connectivity index (χ4v) is 3.85. The molecule has 2 aliphatic heterocycles. The molecule has 7 heteroatoms. The highest BCUT2D eigenvalue weighted by Crippen LogP contribution is 2.18. The first-order chi connectivity index (χ1) is 12.1. The molecule has 0 aromatic carbocycles. The lowest BCUT2D eigenvalue weighted by atomic mass is 9.95. The molecule has 1 amide bonds. The van der Waals surface area contributed by atoms with Crippen molar-refractivity contribution in [1.82, 2.24) is 25.3 Å². The van der Waals surface area contributed by atoms with Gasteiger partial charge in [0.25, 0.3) is 0 Å². The molecule has 2 saturated heterocycles. The normalized spacial score (nSPS) is 23.1. The van der Waals surface area contributed by atoms with Crippen LogP contribution in [0.25, 0.3) is 0 Å². The number of aromatic nitrogens is 2. The predicted octanol–water partition coefficient (Wildman–Crippen LogP) is 1.44. The summed E-state index contributed by atoms with van der Waals surface area (Å²) in [6.07, 6.45) is 5.46. The third-order valence-corrected chi connectivity index (χ3v) is 5.44. The van der Waals surface area contributed by atoms with E-state index < -0.39 is 0 Å². The number of hydrogen-bond acceptors (Lipinski definition) is 6. The van der Waals surface area contributed by atoms with Gasteiger partial charge in [-0.05, 0) is 44.7 Å². The van der Waals surface area contributed by atoms with E-state index >= 15 is 0 Å². The minimum atomic E-state index is 0.210. The Hall–Kier alpha value is -1.47. The van der Waals surface area contributed by atoms with Gasteiger partial charge < -0.3 is 14.7 Å². The van der Waals surface area contributed by atoms with Gasteiger partial charge in [-0.15, -0.1) is 0 Å². The smallest absolute Gasteiger partial charge is 0.226 e. The highest BCUT2D eigenvalue weighted by Gasteiger charge is 2.24. The second-order valence-corrected chi connectivity index (χ2v) is 7.39. The zero-order chi connectivity index (χ0) is 17.6. The number of aryl methyl sites for hydroxylation is 1. The first-order valence-corrected chi connectivity index (χ1v) is 9.66. The molecule has 25 heavy (non-hydrogen) atoms. The number of piperidine rings is 2. The molecule has 0 aliphatic carbocycles. The van der Waals surface area contributed by atoms with Crippen molar-refractivity contribution in [2.24, 2.45) is 5.92 Å². The van der Waals surface area contributed by atoms with Gasteiger partial charge in [-0.2, -0.15) is 4.98 Å². The largest absolute Gasteiger partial charge is 0.343 e. The molecule has 2 fully saturated rings. The summed E-state index contributed by atoms with van der Waals surface area (Å²) in [6.45, 7) is 9.51. The number of likely N-dealkylation sites (tertiary alicyclic amines) is 2. The van der Waals surface area contributed by atoms with Crippen LogP contribution in [0.3, 0.4) is 0 Å². The van der Waals surface area contributed by atoms with Crippen LogP contribution in [-0.4, -0.2) is 64.6 Å². The van der Waals surface area contributed by atoms with Crippen molar-refractivity contribution in [3.8, 4) is 0 Å². The zero-order valence-corrected chi connectivity index (χ0v) is 15.5. The molecule has 140 valence electrons. The maximum atomic E-state index is 11.4. The van der Waals surface area contributed by atoms with Crippen molar-refractivity contribution in [2.45, 2.75) is 58.5 Å². The molecule has 2 aliphatic rings. The molecule has 1 aromatic heterocycles. The van der Waals surface area contributed by atoms with Crippen LogP contribution in [0.5, 0.6) is 0 Å². The van der Waals surface area contributed by atoms with Crippen LogP contribution in [0, 0.1) is 5.92 Å². The Morgan fingerprint density at radius 1 is 1.28 bits per heavy atom. The van der Waals surface area contributed by atoms with Crippen LogP contribution < -0.4 is 5.32 Å². The van der Waals surface area contributed by atoms with Crippen molar-refractivity contribution in [1.29, 1.82) is 0 Å².